The molecule has 1 saturated heterocycles. The lowest BCUT2D eigenvalue weighted by molar-refractivity contribution is 0.328. The summed E-state index contributed by atoms with van der Waals surface area (Å²) in [5, 5.41) is 3.73. The van der Waals surface area contributed by atoms with Gasteiger partial charge in [-0.1, -0.05) is 24.6 Å². The van der Waals surface area contributed by atoms with Crippen molar-refractivity contribution in [3.8, 4) is 0 Å². The second-order valence-electron chi connectivity index (χ2n) is 5.06. The van der Waals surface area contributed by atoms with E-state index in [1.54, 1.807) is 25.1 Å². The molecule has 4 nitrogen and oxygen atoms in total. The van der Waals surface area contributed by atoms with Crippen molar-refractivity contribution < 1.29 is 8.42 Å². The van der Waals surface area contributed by atoms with Crippen molar-refractivity contribution in [3.63, 3.8) is 0 Å². The van der Waals surface area contributed by atoms with Crippen molar-refractivity contribution >= 4 is 21.6 Å². The summed E-state index contributed by atoms with van der Waals surface area (Å²) in [6.45, 7) is 5.45. The summed E-state index contributed by atoms with van der Waals surface area (Å²) in [6, 6.07) is 4.93. The van der Waals surface area contributed by atoms with Gasteiger partial charge in [-0.05, 0) is 50.0 Å². The fraction of sp³-hybridized carbons (Fsp3) is 0.538. The van der Waals surface area contributed by atoms with Gasteiger partial charge in [0.25, 0.3) is 0 Å². The van der Waals surface area contributed by atoms with Crippen LogP contribution in [0.2, 0.25) is 5.02 Å². The molecule has 2 N–H and O–H groups in total. The summed E-state index contributed by atoms with van der Waals surface area (Å²) in [7, 11) is -3.51. The first kappa shape index (κ1) is 14.8. The predicted molar refractivity (Wildman–Crippen MR) is 76.9 cm³/mol. The lowest BCUT2D eigenvalue weighted by atomic mass is 9.97. The molecule has 0 aromatic heterocycles. The van der Waals surface area contributed by atoms with Gasteiger partial charge in [0.05, 0.1) is 4.90 Å². The number of rotatable bonds is 3. The zero-order valence-corrected chi connectivity index (χ0v) is 12.7. The van der Waals surface area contributed by atoms with Crippen LogP contribution >= 0.6 is 11.6 Å². The largest absolute Gasteiger partial charge is 0.316 e. The lowest BCUT2D eigenvalue weighted by Crippen LogP contribution is -2.48. The number of benzene rings is 1. The summed E-state index contributed by atoms with van der Waals surface area (Å²) in [5.74, 6) is 0.281. The molecule has 0 spiro atoms. The van der Waals surface area contributed by atoms with Crippen LogP contribution < -0.4 is 10.0 Å². The Kier molecular flexibility index (Phi) is 4.50. The van der Waals surface area contributed by atoms with E-state index < -0.39 is 10.0 Å². The van der Waals surface area contributed by atoms with E-state index in [9.17, 15) is 8.42 Å². The summed E-state index contributed by atoms with van der Waals surface area (Å²) >= 11 is 5.99. The molecule has 1 aromatic rings. The minimum Gasteiger partial charge on any atom is -0.316 e. The van der Waals surface area contributed by atoms with Gasteiger partial charge in [0.2, 0.25) is 10.0 Å². The van der Waals surface area contributed by atoms with Gasteiger partial charge in [0.1, 0.15) is 0 Å². The van der Waals surface area contributed by atoms with Crippen LogP contribution in [0.15, 0.2) is 23.1 Å². The third-order valence-corrected chi connectivity index (χ3v) is 5.64. The summed E-state index contributed by atoms with van der Waals surface area (Å²) in [5.41, 5.74) is 0.596. The zero-order chi connectivity index (χ0) is 14.0. The first-order valence-corrected chi connectivity index (χ1v) is 8.26. The van der Waals surface area contributed by atoms with E-state index in [4.69, 9.17) is 11.6 Å². The average Bonchev–Trinajstić information content (AvgIpc) is 2.35. The number of sulfonamides is 1. The van der Waals surface area contributed by atoms with E-state index in [1.807, 2.05) is 6.92 Å². The molecular formula is C13H19ClN2O2S. The topological polar surface area (TPSA) is 58.2 Å². The first-order chi connectivity index (χ1) is 8.92. The van der Waals surface area contributed by atoms with E-state index >= 15 is 0 Å². The van der Waals surface area contributed by atoms with Crippen LogP contribution in [0, 0.1) is 12.8 Å². The number of hydrogen-bond acceptors (Lipinski definition) is 3. The fourth-order valence-corrected chi connectivity index (χ4v) is 4.21. The van der Waals surface area contributed by atoms with Crippen LogP contribution in [0.1, 0.15) is 18.9 Å². The third-order valence-electron chi connectivity index (χ3n) is 3.60. The predicted octanol–water partition coefficient (Wildman–Crippen LogP) is 1.92. The van der Waals surface area contributed by atoms with Gasteiger partial charge < -0.3 is 5.32 Å². The number of hydrogen-bond donors (Lipinski definition) is 2. The molecule has 1 aliphatic heterocycles. The highest BCUT2D eigenvalue weighted by atomic mass is 35.5. The number of piperidine rings is 1. The van der Waals surface area contributed by atoms with E-state index in [-0.39, 0.29) is 16.9 Å². The summed E-state index contributed by atoms with van der Waals surface area (Å²) in [6.07, 6.45) is 0.806. The van der Waals surface area contributed by atoms with Crippen LogP contribution in [-0.2, 0) is 10.0 Å². The SMILES string of the molecule is Cc1c(Cl)cccc1S(=O)(=O)NC1CCNCC1C. The minimum atomic E-state index is -3.51. The quantitative estimate of drug-likeness (QED) is 0.897. The zero-order valence-electron chi connectivity index (χ0n) is 11.1. The van der Waals surface area contributed by atoms with Gasteiger partial charge in [-0.3, -0.25) is 0 Å². The first-order valence-electron chi connectivity index (χ1n) is 6.40. The van der Waals surface area contributed by atoms with Gasteiger partial charge >= 0.3 is 0 Å². The highest BCUT2D eigenvalue weighted by Gasteiger charge is 2.27. The molecule has 1 aliphatic rings. The number of halogens is 1. The monoisotopic (exact) mass is 302 g/mol. The second kappa shape index (κ2) is 5.79. The van der Waals surface area contributed by atoms with Gasteiger partial charge in [-0.15, -0.1) is 0 Å². The molecule has 2 atom stereocenters. The van der Waals surface area contributed by atoms with E-state index in [0.717, 1.165) is 19.5 Å². The summed E-state index contributed by atoms with van der Waals surface area (Å²) in [4.78, 5) is 0.269. The van der Waals surface area contributed by atoms with Gasteiger partial charge in [0, 0.05) is 11.1 Å². The molecule has 1 heterocycles. The Balaban J connectivity index is 2.25. The fourth-order valence-electron chi connectivity index (χ4n) is 2.33. The van der Waals surface area contributed by atoms with Crippen molar-refractivity contribution in [2.24, 2.45) is 5.92 Å². The van der Waals surface area contributed by atoms with E-state index in [1.165, 1.54) is 0 Å². The van der Waals surface area contributed by atoms with Crippen molar-refractivity contribution in [1.82, 2.24) is 10.0 Å². The van der Waals surface area contributed by atoms with E-state index in [0.29, 0.717) is 10.6 Å². The molecule has 0 saturated carbocycles. The molecule has 1 fully saturated rings. The molecule has 19 heavy (non-hydrogen) atoms. The number of nitrogens with one attached hydrogen (secondary N) is 2. The Hall–Kier alpha value is -0.620. The molecule has 0 radical (unpaired) electrons. The second-order valence-corrected chi connectivity index (χ2v) is 7.15. The Morgan fingerprint density at radius 3 is 2.84 bits per heavy atom. The maximum Gasteiger partial charge on any atom is 0.241 e. The third kappa shape index (κ3) is 3.28. The van der Waals surface area contributed by atoms with Gasteiger partial charge in [0.15, 0.2) is 0 Å². The van der Waals surface area contributed by atoms with Crippen LogP contribution in [0.5, 0.6) is 0 Å². The molecule has 106 valence electrons. The Morgan fingerprint density at radius 2 is 2.16 bits per heavy atom. The van der Waals surface area contributed by atoms with Crippen LogP contribution in [0.25, 0.3) is 0 Å². The van der Waals surface area contributed by atoms with Gasteiger partial charge in [-0.25, -0.2) is 13.1 Å². The average molecular weight is 303 g/mol. The van der Waals surface area contributed by atoms with Gasteiger partial charge in [-0.2, -0.15) is 0 Å². The Labute approximate surface area is 119 Å². The Bertz CT molecular complexity index is 560. The molecule has 0 aliphatic carbocycles. The van der Waals surface area contributed by atoms with Crippen molar-refractivity contribution in [3.05, 3.63) is 28.8 Å². The van der Waals surface area contributed by atoms with Crippen LogP contribution in [0.3, 0.4) is 0 Å². The van der Waals surface area contributed by atoms with Crippen molar-refractivity contribution in [1.29, 1.82) is 0 Å². The van der Waals surface area contributed by atoms with Crippen LogP contribution in [-0.4, -0.2) is 27.5 Å². The smallest absolute Gasteiger partial charge is 0.241 e. The highest BCUT2D eigenvalue weighted by Crippen LogP contribution is 2.23. The van der Waals surface area contributed by atoms with Crippen molar-refractivity contribution in [2.75, 3.05) is 13.1 Å². The van der Waals surface area contributed by atoms with E-state index in [2.05, 4.69) is 10.0 Å². The Morgan fingerprint density at radius 1 is 1.42 bits per heavy atom. The molecular weight excluding hydrogens is 284 g/mol. The summed E-state index contributed by atoms with van der Waals surface area (Å²) < 4.78 is 27.7. The molecule has 2 unspecified atom stereocenters. The lowest BCUT2D eigenvalue weighted by Gasteiger charge is -2.30. The van der Waals surface area contributed by atoms with Crippen molar-refractivity contribution in [2.45, 2.75) is 31.2 Å². The molecule has 0 amide bonds. The standard InChI is InChI=1S/C13H19ClN2O2S/c1-9-8-15-7-6-12(9)16-19(17,18)13-5-3-4-11(14)10(13)2/h3-5,9,12,15-16H,6-8H2,1-2H3. The molecule has 6 heteroatoms. The molecule has 2 rings (SSSR count). The molecule has 1 aromatic carbocycles. The maximum absolute atomic E-state index is 12.4. The normalized spacial score (nSPS) is 24.4. The van der Waals surface area contributed by atoms with Crippen LogP contribution in [0.4, 0.5) is 0 Å². The highest BCUT2D eigenvalue weighted by molar-refractivity contribution is 7.89. The molecule has 0 bridgehead atoms. The minimum absolute atomic E-state index is 0.0235. The maximum atomic E-state index is 12.4.